The molecule has 3 heteroatoms. The van der Waals surface area contributed by atoms with Gasteiger partial charge in [-0.25, -0.2) is 0 Å². The molecule has 1 aliphatic heterocycles. The highest BCUT2D eigenvalue weighted by molar-refractivity contribution is 5.81. The summed E-state index contributed by atoms with van der Waals surface area (Å²) in [5.74, 6) is 0.896. The Balaban J connectivity index is 1.82. The molecule has 0 spiro atoms. The molecule has 0 fully saturated rings. The third-order valence-corrected chi connectivity index (χ3v) is 3.20. The van der Waals surface area contributed by atoms with Crippen LogP contribution in [0.25, 0.3) is 0 Å². The van der Waals surface area contributed by atoms with E-state index < -0.39 is 0 Å². The normalized spacial score (nSPS) is 17.2. The van der Waals surface area contributed by atoms with Crippen LogP contribution in [0.5, 0.6) is 11.5 Å². The molecular weight excluding hydrogens is 240 g/mol. The summed E-state index contributed by atoms with van der Waals surface area (Å²) in [7, 11) is 0. The zero-order valence-electron chi connectivity index (χ0n) is 10.4. The number of rotatable bonds is 2. The average molecular weight is 254 g/mol. The second-order valence-corrected chi connectivity index (χ2v) is 4.46. The van der Waals surface area contributed by atoms with Crippen molar-refractivity contribution in [3.05, 3.63) is 60.2 Å². The minimum atomic E-state index is -0.245. The Bertz CT molecular complexity index is 578. The lowest BCUT2D eigenvalue weighted by atomic mass is 9.93. The SMILES string of the molecule is O=C(Oc1ccccc1)C1CCOc2ccccc21. The molecule has 1 aliphatic rings. The molecule has 2 aromatic carbocycles. The summed E-state index contributed by atoms with van der Waals surface area (Å²) < 4.78 is 11.0. The van der Waals surface area contributed by atoms with Gasteiger partial charge in [0.15, 0.2) is 0 Å². The fraction of sp³-hybridized carbons (Fsp3) is 0.188. The number of fused-ring (bicyclic) bond motifs is 1. The van der Waals surface area contributed by atoms with Gasteiger partial charge in [0.25, 0.3) is 0 Å². The first-order chi connectivity index (χ1) is 9.34. The van der Waals surface area contributed by atoms with Gasteiger partial charge < -0.3 is 9.47 Å². The van der Waals surface area contributed by atoms with Crippen LogP contribution < -0.4 is 9.47 Å². The summed E-state index contributed by atoms with van der Waals surface area (Å²) in [5.41, 5.74) is 0.912. The van der Waals surface area contributed by atoms with Crippen molar-refractivity contribution in [2.24, 2.45) is 0 Å². The molecule has 19 heavy (non-hydrogen) atoms. The second kappa shape index (κ2) is 5.14. The molecule has 0 bridgehead atoms. The molecule has 3 rings (SSSR count). The standard InChI is InChI=1S/C16H14O3/c17-16(19-12-6-2-1-3-7-12)14-10-11-18-15-9-5-4-8-13(14)15/h1-9,14H,10-11H2. The molecule has 2 aromatic rings. The molecule has 1 atom stereocenters. The number of carbonyl (C=O) groups excluding carboxylic acids is 1. The molecule has 0 radical (unpaired) electrons. The Morgan fingerprint density at radius 1 is 1.05 bits per heavy atom. The van der Waals surface area contributed by atoms with Crippen molar-refractivity contribution in [3.63, 3.8) is 0 Å². The van der Waals surface area contributed by atoms with Gasteiger partial charge >= 0.3 is 5.97 Å². The van der Waals surface area contributed by atoms with E-state index in [1.807, 2.05) is 42.5 Å². The second-order valence-electron chi connectivity index (χ2n) is 4.46. The zero-order valence-corrected chi connectivity index (χ0v) is 10.4. The number of para-hydroxylation sites is 2. The molecule has 0 saturated carbocycles. The Morgan fingerprint density at radius 2 is 1.79 bits per heavy atom. The van der Waals surface area contributed by atoms with Crippen molar-refractivity contribution in [3.8, 4) is 11.5 Å². The first kappa shape index (κ1) is 11.8. The Morgan fingerprint density at radius 3 is 2.63 bits per heavy atom. The van der Waals surface area contributed by atoms with Crippen LogP contribution in [-0.2, 0) is 4.79 Å². The molecule has 96 valence electrons. The van der Waals surface area contributed by atoms with Crippen LogP contribution in [0, 0.1) is 0 Å². The van der Waals surface area contributed by atoms with Crippen molar-refractivity contribution >= 4 is 5.97 Å². The minimum Gasteiger partial charge on any atom is -0.493 e. The lowest BCUT2D eigenvalue weighted by Crippen LogP contribution is -2.24. The van der Waals surface area contributed by atoms with Gasteiger partial charge in [0.05, 0.1) is 12.5 Å². The summed E-state index contributed by atoms with van der Waals surface area (Å²) in [6.45, 7) is 0.547. The minimum absolute atomic E-state index is 0.220. The van der Waals surface area contributed by atoms with Crippen molar-refractivity contribution in [1.29, 1.82) is 0 Å². The van der Waals surface area contributed by atoms with E-state index in [1.54, 1.807) is 12.1 Å². The van der Waals surface area contributed by atoms with Gasteiger partial charge in [0, 0.05) is 5.56 Å². The van der Waals surface area contributed by atoms with Crippen LogP contribution in [0.3, 0.4) is 0 Å². The molecule has 1 unspecified atom stereocenters. The molecule has 0 N–H and O–H groups in total. The largest absolute Gasteiger partial charge is 0.493 e. The lowest BCUT2D eigenvalue weighted by Gasteiger charge is -2.24. The number of esters is 1. The molecule has 0 saturated heterocycles. The molecule has 0 aromatic heterocycles. The van der Waals surface area contributed by atoms with Gasteiger partial charge in [-0.1, -0.05) is 36.4 Å². The number of benzene rings is 2. The Hall–Kier alpha value is -2.29. The van der Waals surface area contributed by atoms with E-state index >= 15 is 0 Å². The van der Waals surface area contributed by atoms with Gasteiger partial charge in [-0.2, -0.15) is 0 Å². The van der Waals surface area contributed by atoms with Crippen LogP contribution in [0.15, 0.2) is 54.6 Å². The number of carbonyl (C=O) groups is 1. The summed E-state index contributed by atoms with van der Waals surface area (Å²) in [5, 5.41) is 0. The smallest absolute Gasteiger partial charge is 0.319 e. The Labute approximate surface area is 111 Å². The number of ether oxygens (including phenoxy) is 2. The van der Waals surface area contributed by atoms with Gasteiger partial charge in [0.2, 0.25) is 0 Å². The third-order valence-electron chi connectivity index (χ3n) is 3.20. The van der Waals surface area contributed by atoms with Crippen LogP contribution in [-0.4, -0.2) is 12.6 Å². The van der Waals surface area contributed by atoms with E-state index in [1.165, 1.54) is 0 Å². The average Bonchev–Trinajstić information content (AvgIpc) is 2.47. The van der Waals surface area contributed by atoms with E-state index in [2.05, 4.69) is 0 Å². The maximum absolute atomic E-state index is 12.3. The third kappa shape index (κ3) is 2.45. The van der Waals surface area contributed by atoms with Crippen LogP contribution in [0.1, 0.15) is 17.9 Å². The molecule has 0 amide bonds. The van der Waals surface area contributed by atoms with Crippen molar-refractivity contribution < 1.29 is 14.3 Å². The maximum atomic E-state index is 12.3. The quantitative estimate of drug-likeness (QED) is 0.610. The predicted octanol–water partition coefficient (Wildman–Crippen LogP) is 3.16. The van der Waals surface area contributed by atoms with Gasteiger partial charge in [-0.15, -0.1) is 0 Å². The first-order valence-corrected chi connectivity index (χ1v) is 6.33. The van der Waals surface area contributed by atoms with Crippen molar-refractivity contribution in [1.82, 2.24) is 0 Å². The summed E-state index contributed by atoms with van der Waals surface area (Å²) in [6.07, 6.45) is 0.655. The van der Waals surface area contributed by atoms with E-state index in [0.717, 1.165) is 11.3 Å². The number of hydrogen-bond acceptors (Lipinski definition) is 3. The van der Waals surface area contributed by atoms with Crippen LogP contribution >= 0.6 is 0 Å². The molecular formula is C16H14O3. The van der Waals surface area contributed by atoms with E-state index in [0.29, 0.717) is 18.8 Å². The fourth-order valence-corrected chi connectivity index (χ4v) is 2.26. The monoisotopic (exact) mass is 254 g/mol. The molecule has 1 heterocycles. The van der Waals surface area contributed by atoms with Crippen molar-refractivity contribution in [2.45, 2.75) is 12.3 Å². The predicted molar refractivity (Wildman–Crippen MR) is 71.4 cm³/mol. The highest BCUT2D eigenvalue weighted by atomic mass is 16.5. The summed E-state index contributed by atoms with van der Waals surface area (Å²) >= 11 is 0. The van der Waals surface area contributed by atoms with Gasteiger partial charge in [-0.05, 0) is 24.6 Å². The zero-order chi connectivity index (χ0) is 13.1. The topological polar surface area (TPSA) is 35.5 Å². The summed E-state index contributed by atoms with van der Waals surface area (Å²) in [4.78, 5) is 12.3. The Kier molecular flexibility index (Phi) is 3.19. The van der Waals surface area contributed by atoms with Gasteiger partial charge in [-0.3, -0.25) is 4.79 Å². The lowest BCUT2D eigenvalue weighted by molar-refractivity contribution is -0.136. The maximum Gasteiger partial charge on any atom is 0.319 e. The highest BCUT2D eigenvalue weighted by Gasteiger charge is 2.28. The molecule has 0 aliphatic carbocycles. The first-order valence-electron chi connectivity index (χ1n) is 6.33. The fourth-order valence-electron chi connectivity index (χ4n) is 2.26. The van der Waals surface area contributed by atoms with E-state index in [4.69, 9.17) is 9.47 Å². The van der Waals surface area contributed by atoms with E-state index in [-0.39, 0.29) is 11.9 Å². The molecule has 3 nitrogen and oxygen atoms in total. The van der Waals surface area contributed by atoms with Crippen LogP contribution in [0.4, 0.5) is 0 Å². The number of hydrogen-bond donors (Lipinski definition) is 0. The van der Waals surface area contributed by atoms with Crippen LogP contribution in [0.2, 0.25) is 0 Å². The van der Waals surface area contributed by atoms with E-state index in [9.17, 15) is 4.79 Å². The van der Waals surface area contributed by atoms with Crippen molar-refractivity contribution in [2.75, 3.05) is 6.61 Å². The highest BCUT2D eigenvalue weighted by Crippen LogP contribution is 2.34. The summed E-state index contributed by atoms with van der Waals surface area (Å²) in [6, 6.07) is 16.8. The van der Waals surface area contributed by atoms with Gasteiger partial charge in [0.1, 0.15) is 11.5 Å².